The van der Waals surface area contributed by atoms with Crippen LogP contribution in [0.5, 0.6) is 17.8 Å². The van der Waals surface area contributed by atoms with Gasteiger partial charge in [-0.25, -0.2) is 37.0 Å². The molecule has 5 heterocycles. The molecule has 1 aliphatic rings. The Kier molecular flexibility index (Phi) is 5.94. The van der Waals surface area contributed by atoms with Crippen molar-refractivity contribution in [1.82, 2.24) is 29.5 Å². The monoisotopic (exact) mass is 505 g/mol. The van der Waals surface area contributed by atoms with E-state index in [4.69, 9.17) is 14.2 Å². The lowest BCUT2D eigenvalue weighted by atomic mass is 10.2. The lowest BCUT2D eigenvalue weighted by molar-refractivity contribution is -0.0609. The van der Waals surface area contributed by atoms with E-state index in [0.29, 0.717) is 22.6 Å². The second kappa shape index (κ2) is 9.09. The molecule has 1 aliphatic heterocycles. The first-order valence-electron chi connectivity index (χ1n) is 10.6. The van der Waals surface area contributed by atoms with Gasteiger partial charge in [-0.05, 0) is 12.1 Å². The van der Waals surface area contributed by atoms with Crippen LogP contribution in [-0.2, 0) is 0 Å². The first kappa shape index (κ1) is 23.5. The highest BCUT2D eigenvalue weighted by Crippen LogP contribution is 2.37. The van der Waals surface area contributed by atoms with Gasteiger partial charge < -0.3 is 19.1 Å². The summed E-state index contributed by atoms with van der Waals surface area (Å²) in [6, 6.07) is 3.91. The second-order valence-electron chi connectivity index (χ2n) is 7.87. The molecule has 0 bridgehead atoms. The fraction of sp³-hybridized carbons (Fsp3) is 0.318. The van der Waals surface area contributed by atoms with Gasteiger partial charge in [-0.2, -0.15) is 10.1 Å². The van der Waals surface area contributed by atoms with E-state index in [0.717, 1.165) is 18.3 Å². The summed E-state index contributed by atoms with van der Waals surface area (Å²) in [5, 5.41) is 4.48. The minimum absolute atomic E-state index is 0.0916. The van der Waals surface area contributed by atoms with Gasteiger partial charge in [-0.3, -0.25) is 0 Å². The standard InChI is InChI=1S/C22H19F4N7O3/c1-34-20-13(9-29-21(30-20)35-2)14-7-15(19-27-5-6-33(19)31-14)32-10-16(22(25,26)11-32)36-17-4-3-12(8-28-17)18(23)24/h3-9,16,18H,10-11H2,1-2H3. The van der Waals surface area contributed by atoms with Crippen molar-refractivity contribution in [3.63, 3.8) is 0 Å². The topological polar surface area (TPSA) is 99.8 Å². The van der Waals surface area contributed by atoms with Gasteiger partial charge in [0.05, 0.1) is 38.6 Å². The Hall–Kier alpha value is -4.23. The predicted octanol–water partition coefficient (Wildman–Crippen LogP) is 3.44. The van der Waals surface area contributed by atoms with Gasteiger partial charge in [-0.15, -0.1) is 0 Å². The molecule has 4 aromatic heterocycles. The van der Waals surface area contributed by atoms with Crippen molar-refractivity contribution < 1.29 is 31.8 Å². The smallest absolute Gasteiger partial charge is 0.319 e. The molecule has 0 radical (unpaired) electrons. The number of halogens is 4. The van der Waals surface area contributed by atoms with Gasteiger partial charge in [0.2, 0.25) is 11.8 Å². The quantitative estimate of drug-likeness (QED) is 0.350. The summed E-state index contributed by atoms with van der Waals surface area (Å²) in [5.74, 6) is -3.25. The number of methoxy groups -OCH3 is 2. The molecule has 0 amide bonds. The number of aromatic nitrogens is 6. The van der Waals surface area contributed by atoms with Crippen molar-refractivity contribution in [2.45, 2.75) is 18.5 Å². The highest BCUT2D eigenvalue weighted by molar-refractivity contribution is 5.76. The van der Waals surface area contributed by atoms with Crippen molar-refractivity contribution in [2.75, 3.05) is 32.2 Å². The zero-order chi connectivity index (χ0) is 25.4. The number of alkyl halides is 4. The Labute approximate surface area is 201 Å². The number of ether oxygens (including phenoxy) is 3. The summed E-state index contributed by atoms with van der Waals surface area (Å²) in [7, 11) is 2.84. The van der Waals surface area contributed by atoms with Crippen LogP contribution < -0.4 is 19.1 Å². The van der Waals surface area contributed by atoms with Crippen LogP contribution in [0, 0.1) is 0 Å². The summed E-state index contributed by atoms with van der Waals surface area (Å²) >= 11 is 0. The molecule has 0 aromatic carbocycles. The van der Waals surface area contributed by atoms with Crippen LogP contribution in [0.25, 0.3) is 16.9 Å². The van der Waals surface area contributed by atoms with Gasteiger partial charge in [-0.1, -0.05) is 0 Å². The van der Waals surface area contributed by atoms with Gasteiger partial charge in [0.15, 0.2) is 11.8 Å². The molecule has 0 spiro atoms. The molecule has 1 unspecified atom stereocenters. The molecule has 0 aliphatic carbocycles. The van der Waals surface area contributed by atoms with Crippen molar-refractivity contribution in [2.24, 2.45) is 0 Å². The van der Waals surface area contributed by atoms with Gasteiger partial charge in [0, 0.05) is 36.4 Å². The van der Waals surface area contributed by atoms with E-state index in [1.54, 1.807) is 12.3 Å². The normalized spacial score (nSPS) is 17.1. The van der Waals surface area contributed by atoms with Gasteiger partial charge in [0.25, 0.3) is 6.43 Å². The Morgan fingerprint density at radius 3 is 2.61 bits per heavy atom. The Morgan fingerprint density at radius 2 is 1.92 bits per heavy atom. The molecule has 188 valence electrons. The number of anilines is 1. The minimum atomic E-state index is -3.27. The molecule has 36 heavy (non-hydrogen) atoms. The van der Waals surface area contributed by atoms with E-state index in [1.165, 1.54) is 36.0 Å². The summed E-state index contributed by atoms with van der Waals surface area (Å²) in [4.78, 5) is 17.7. The molecule has 4 aromatic rings. The molecule has 1 fully saturated rings. The molecular weight excluding hydrogens is 486 g/mol. The number of imidazole rings is 1. The molecule has 0 saturated carbocycles. The Morgan fingerprint density at radius 1 is 1.08 bits per heavy atom. The van der Waals surface area contributed by atoms with E-state index >= 15 is 0 Å². The maximum absolute atomic E-state index is 15.0. The molecular formula is C22H19F4N7O3. The van der Waals surface area contributed by atoms with Crippen molar-refractivity contribution in [1.29, 1.82) is 0 Å². The maximum atomic E-state index is 15.0. The number of pyridine rings is 1. The van der Waals surface area contributed by atoms with Crippen LogP contribution in [-0.4, -0.2) is 68.9 Å². The molecule has 5 rings (SSSR count). The van der Waals surface area contributed by atoms with E-state index in [-0.39, 0.29) is 29.9 Å². The average Bonchev–Trinajstić information content (AvgIpc) is 3.47. The van der Waals surface area contributed by atoms with Crippen LogP contribution >= 0.6 is 0 Å². The lowest BCUT2D eigenvalue weighted by Crippen LogP contribution is -2.36. The Balaban J connectivity index is 1.48. The number of hydrogen-bond donors (Lipinski definition) is 0. The minimum Gasteiger partial charge on any atom is -0.480 e. The second-order valence-corrected chi connectivity index (χ2v) is 7.87. The summed E-state index contributed by atoms with van der Waals surface area (Å²) in [5.41, 5.74) is 1.16. The van der Waals surface area contributed by atoms with Crippen LogP contribution in [0.1, 0.15) is 12.0 Å². The summed E-state index contributed by atoms with van der Waals surface area (Å²) in [6.07, 6.45) is 1.14. The van der Waals surface area contributed by atoms with Crippen LogP contribution in [0.2, 0.25) is 0 Å². The van der Waals surface area contributed by atoms with Crippen LogP contribution in [0.4, 0.5) is 23.2 Å². The molecule has 14 heteroatoms. The summed E-state index contributed by atoms with van der Waals surface area (Å²) in [6.45, 7) is -0.886. The molecule has 0 N–H and O–H groups in total. The largest absolute Gasteiger partial charge is 0.480 e. The molecule has 1 atom stereocenters. The lowest BCUT2D eigenvalue weighted by Gasteiger charge is -2.19. The third-order valence-electron chi connectivity index (χ3n) is 5.60. The maximum Gasteiger partial charge on any atom is 0.319 e. The fourth-order valence-electron chi connectivity index (χ4n) is 3.84. The highest BCUT2D eigenvalue weighted by atomic mass is 19.3. The van der Waals surface area contributed by atoms with Crippen LogP contribution in [0.15, 0.2) is 43.0 Å². The SMILES string of the molecule is COc1ncc(-c2cc(N3CC(Oc4ccc(C(F)F)cn4)C(F)(F)C3)c3nccn3n2)c(OC)n1. The summed E-state index contributed by atoms with van der Waals surface area (Å²) < 4.78 is 72.7. The van der Waals surface area contributed by atoms with E-state index in [9.17, 15) is 17.6 Å². The third-order valence-corrected chi connectivity index (χ3v) is 5.60. The van der Waals surface area contributed by atoms with E-state index in [1.807, 2.05) is 0 Å². The Bertz CT molecular complexity index is 1380. The van der Waals surface area contributed by atoms with Crippen molar-refractivity contribution >= 4 is 11.3 Å². The molecule has 10 nitrogen and oxygen atoms in total. The predicted molar refractivity (Wildman–Crippen MR) is 118 cm³/mol. The first-order valence-corrected chi connectivity index (χ1v) is 10.6. The first-order chi connectivity index (χ1) is 17.3. The number of nitrogens with zero attached hydrogens (tertiary/aromatic N) is 7. The van der Waals surface area contributed by atoms with Gasteiger partial charge in [0.1, 0.15) is 5.69 Å². The van der Waals surface area contributed by atoms with Crippen molar-refractivity contribution in [3.05, 3.63) is 48.5 Å². The average molecular weight is 505 g/mol. The van der Waals surface area contributed by atoms with Gasteiger partial charge >= 0.3 is 11.9 Å². The fourth-order valence-corrected chi connectivity index (χ4v) is 3.84. The zero-order valence-corrected chi connectivity index (χ0v) is 19.0. The zero-order valence-electron chi connectivity index (χ0n) is 19.0. The highest BCUT2D eigenvalue weighted by Gasteiger charge is 2.51. The molecule has 1 saturated heterocycles. The van der Waals surface area contributed by atoms with Crippen LogP contribution in [0.3, 0.4) is 0 Å². The van der Waals surface area contributed by atoms with E-state index in [2.05, 4.69) is 25.0 Å². The van der Waals surface area contributed by atoms with E-state index < -0.39 is 25.0 Å². The van der Waals surface area contributed by atoms with Crippen molar-refractivity contribution in [3.8, 4) is 29.0 Å². The third kappa shape index (κ3) is 4.29. The number of hydrogen-bond acceptors (Lipinski definition) is 9. The number of fused-ring (bicyclic) bond motifs is 1. The number of rotatable bonds is 7.